The first kappa shape index (κ1) is 21.1. The predicted molar refractivity (Wildman–Crippen MR) is 136 cm³/mol. The minimum absolute atomic E-state index is 0.0178. The molecule has 35 heavy (non-hydrogen) atoms. The van der Waals surface area contributed by atoms with Crippen LogP contribution < -0.4 is 10.5 Å². The van der Waals surface area contributed by atoms with Crippen LogP contribution in [-0.4, -0.2) is 56.5 Å². The molecule has 0 saturated carbocycles. The van der Waals surface area contributed by atoms with Crippen LogP contribution in [0.25, 0.3) is 21.9 Å². The number of piperazine rings is 1. The summed E-state index contributed by atoms with van der Waals surface area (Å²) in [5.41, 5.74) is 4.38. The fourth-order valence-corrected chi connectivity index (χ4v) is 4.61. The highest BCUT2D eigenvalue weighted by Gasteiger charge is 2.23. The summed E-state index contributed by atoms with van der Waals surface area (Å²) in [5.74, 6) is 0.571. The number of hydrogen-bond acceptors (Lipinski definition) is 5. The van der Waals surface area contributed by atoms with Gasteiger partial charge in [0.05, 0.1) is 28.3 Å². The lowest BCUT2D eigenvalue weighted by molar-refractivity contribution is 0.0746. The summed E-state index contributed by atoms with van der Waals surface area (Å²) in [4.78, 5) is 41.3. The maximum absolute atomic E-state index is 13.1. The maximum Gasteiger partial charge on any atom is 0.260 e. The Labute approximate surface area is 201 Å². The van der Waals surface area contributed by atoms with E-state index in [-0.39, 0.29) is 11.5 Å². The van der Waals surface area contributed by atoms with Crippen LogP contribution in [0.1, 0.15) is 15.9 Å². The fourth-order valence-electron chi connectivity index (χ4n) is 4.61. The average molecular weight is 465 g/mol. The molecule has 3 heterocycles. The summed E-state index contributed by atoms with van der Waals surface area (Å²) in [6, 6.07) is 23.2. The number of anilines is 1. The molecule has 0 aliphatic carbocycles. The van der Waals surface area contributed by atoms with Crippen LogP contribution in [0.2, 0.25) is 0 Å². The fraction of sp³-hybridized carbons (Fsp3) is 0.185. The molecule has 5 aromatic rings. The van der Waals surface area contributed by atoms with E-state index >= 15 is 0 Å². The number of imidazole rings is 1. The van der Waals surface area contributed by atoms with E-state index < -0.39 is 0 Å². The summed E-state index contributed by atoms with van der Waals surface area (Å²) in [6.45, 7) is 3.05. The number of nitrogens with one attached hydrogen (secondary N) is 1. The number of carbonyl (C=O) groups is 1. The molecule has 0 bridgehead atoms. The Morgan fingerprint density at radius 3 is 2.37 bits per heavy atom. The van der Waals surface area contributed by atoms with Gasteiger partial charge in [0.2, 0.25) is 5.95 Å². The number of para-hydroxylation sites is 3. The van der Waals surface area contributed by atoms with Gasteiger partial charge in [0, 0.05) is 38.3 Å². The topological polar surface area (TPSA) is 87.1 Å². The van der Waals surface area contributed by atoms with Crippen molar-refractivity contribution in [3.05, 3.63) is 101 Å². The van der Waals surface area contributed by atoms with E-state index in [9.17, 15) is 9.59 Å². The lowest BCUT2D eigenvalue weighted by Gasteiger charge is -2.35. The third kappa shape index (κ3) is 4.03. The van der Waals surface area contributed by atoms with Crippen LogP contribution in [0.5, 0.6) is 0 Å². The van der Waals surface area contributed by atoms with Gasteiger partial charge in [0.15, 0.2) is 0 Å². The Morgan fingerprint density at radius 1 is 0.857 bits per heavy atom. The molecule has 0 spiro atoms. The van der Waals surface area contributed by atoms with Gasteiger partial charge < -0.3 is 14.4 Å². The van der Waals surface area contributed by atoms with E-state index in [1.54, 1.807) is 6.07 Å². The molecule has 1 aliphatic heterocycles. The summed E-state index contributed by atoms with van der Waals surface area (Å²) in [5, 5.41) is 0.578. The second-order valence-electron chi connectivity index (χ2n) is 8.74. The van der Waals surface area contributed by atoms with Crippen molar-refractivity contribution in [2.24, 2.45) is 0 Å². The second-order valence-corrected chi connectivity index (χ2v) is 8.74. The van der Waals surface area contributed by atoms with Gasteiger partial charge in [-0.05, 0) is 42.0 Å². The van der Waals surface area contributed by atoms with Gasteiger partial charge in [-0.2, -0.15) is 0 Å². The van der Waals surface area contributed by atoms with E-state index in [1.165, 1.54) is 0 Å². The maximum atomic E-state index is 13.1. The molecule has 2 aromatic heterocycles. The first-order valence-electron chi connectivity index (χ1n) is 11.7. The molecule has 1 N–H and O–H groups in total. The normalized spacial score (nSPS) is 14.1. The molecule has 1 aliphatic rings. The van der Waals surface area contributed by atoms with Gasteiger partial charge >= 0.3 is 0 Å². The SMILES string of the molecule is O=C(c1ccc(Cn2cnc3ccccc32)cc1)N1CCN(c2nc3ccccc3c(=O)[nH]2)CC1. The zero-order valence-electron chi connectivity index (χ0n) is 19.1. The molecule has 1 amide bonds. The molecule has 3 aromatic carbocycles. The van der Waals surface area contributed by atoms with Crippen LogP contribution in [-0.2, 0) is 6.54 Å². The molecule has 8 nitrogen and oxygen atoms in total. The molecular formula is C27H24N6O2. The summed E-state index contributed by atoms with van der Waals surface area (Å²) >= 11 is 0. The standard InChI is InChI=1S/C27H24N6O2/c34-25-21-5-1-2-6-22(21)29-27(30-25)32-15-13-31(14-16-32)26(35)20-11-9-19(10-12-20)17-33-18-28-23-7-3-4-8-24(23)33/h1-12,18H,13-17H2,(H,29,30,34). The Kier molecular flexibility index (Phi) is 5.25. The monoisotopic (exact) mass is 464 g/mol. The largest absolute Gasteiger partial charge is 0.339 e. The van der Waals surface area contributed by atoms with Crippen molar-refractivity contribution in [2.75, 3.05) is 31.1 Å². The van der Waals surface area contributed by atoms with E-state index in [0.29, 0.717) is 55.1 Å². The molecule has 0 radical (unpaired) electrons. The zero-order chi connectivity index (χ0) is 23.8. The molecule has 8 heteroatoms. The van der Waals surface area contributed by atoms with Gasteiger partial charge in [-0.25, -0.2) is 9.97 Å². The van der Waals surface area contributed by atoms with Crippen molar-refractivity contribution in [1.29, 1.82) is 0 Å². The van der Waals surface area contributed by atoms with Crippen LogP contribution in [0.15, 0.2) is 83.9 Å². The third-order valence-corrected chi connectivity index (χ3v) is 6.55. The second kappa shape index (κ2) is 8.72. The van der Waals surface area contributed by atoms with Gasteiger partial charge in [0.25, 0.3) is 11.5 Å². The Morgan fingerprint density at radius 2 is 1.57 bits per heavy atom. The number of amides is 1. The Bertz CT molecular complexity index is 1580. The van der Waals surface area contributed by atoms with Crippen molar-refractivity contribution in [3.8, 4) is 0 Å². The van der Waals surface area contributed by atoms with Crippen molar-refractivity contribution < 1.29 is 4.79 Å². The number of fused-ring (bicyclic) bond motifs is 2. The Hall–Kier alpha value is -4.46. The number of H-pyrrole nitrogens is 1. The van der Waals surface area contributed by atoms with E-state index in [4.69, 9.17) is 0 Å². The summed E-state index contributed by atoms with van der Waals surface area (Å²) in [7, 11) is 0. The number of aromatic amines is 1. The predicted octanol–water partition coefficient (Wildman–Crippen LogP) is 3.28. The first-order chi connectivity index (χ1) is 17.2. The van der Waals surface area contributed by atoms with Crippen LogP contribution in [0.4, 0.5) is 5.95 Å². The van der Waals surface area contributed by atoms with E-state index in [2.05, 4.69) is 25.6 Å². The lowest BCUT2D eigenvalue weighted by Crippen LogP contribution is -2.49. The van der Waals surface area contributed by atoms with Crippen LogP contribution >= 0.6 is 0 Å². The number of hydrogen-bond donors (Lipinski definition) is 1. The minimum atomic E-state index is -0.145. The zero-order valence-corrected chi connectivity index (χ0v) is 19.1. The Balaban J connectivity index is 1.11. The van der Waals surface area contributed by atoms with Crippen molar-refractivity contribution in [1.82, 2.24) is 24.4 Å². The van der Waals surface area contributed by atoms with Crippen LogP contribution in [0, 0.1) is 0 Å². The van der Waals surface area contributed by atoms with Crippen molar-refractivity contribution >= 4 is 33.8 Å². The lowest BCUT2D eigenvalue weighted by atomic mass is 10.1. The molecule has 1 fully saturated rings. The first-order valence-corrected chi connectivity index (χ1v) is 11.7. The molecule has 0 atom stereocenters. The number of carbonyl (C=O) groups excluding carboxylic acids is 1. The quantitative estimate of drug-likeness (QED) is 0.441. The summed E-state index contributed by atoms with van der Waals surface area (Å²) < 4.78 is 2.11. The molecular weight excluding hydrogens is 440 g/mol. The van der Waals surface area contributed by atoms with E-state index in [1.807, 2.05) is 76.8 Å². The number of rotatable bonds is 4. The smallest absolute Gasteiger partial charge is 0.260 e. The number of aromatic nitrogens is 4. The molecule has 6 rings (SSSR count). The van der Waals surface area contributed by atoms with Crippen molar-refractivity contribution in [3.63, 3.8) is 0 Å². The summed E-state index contributed by atoms with van der Waals surface area (Å²) in [6.07, 6.45) is 1.85. The van der Waals surface area contributed by atoms with E-state index in [0.717, 1.165) is 16.6 Å². The highest BCUT2D eigenvalue weighted by molar-refractivity contribution is 5.94. The molecule has 0 unspecified atom stereocenters. The van der Waals surface area contributed by atoms with Gasteiger partial charge in [0.1, 0.15) is 0 Å². The minimum Gasteiger partial charge on any atom is -0.339 e. The molecule has 174 valence electrons. The number of nitrogens with zero attached hydrogens (tertiary/aromatic N) is 5. The van der Waals surface area contributed by atoms with Gasteiger partial charge in [-0.1, -0.05) is 36.4 Å². The van der Waals surface area contributed by atoms with Gasteiger partial charge in [-0.3, -0.25) is 14.6 Å². The molecule has 1 saturated heterocycles. The average Bonchev–Trinajstić information content (AvgIpc) is 3.31. The van der Waals surface area contributed by atoms with Crippen LogP contribution in [0.3, 0.4) is 0 Å². The number of benzene rings is 3. The third-order valence-electron chi connectivity index (χ3n) is 6.55. The van der Waals surface area contributed by atoms with Gasteiger partial charge in [-0.15, -0.1) is 0 Å². The van der Waals surface area contributed by atoms with Crippen molar-refractivity contribution in [2.45, 2.75) is 6.54 Å². The highest BCUT2D eigenvalue weighted by Crippen LogP contribution is 2.17. The highest BCUT2D eigenvalue weighted by atomic mass is 16.2.